The topological polar surface area (TPSA) is 56.8 Å². The summed E-state index contributed by atoms with van der Waals surface area (Å²) in [5, 5.41) is 5.13. The Morgan fingerprint density at radius 2 is 1.39 bits per heavy atom. The van der Waals surface area contributed by atoms with E-state index in [9.17, 15) is 0 Å². The Morgan fingerprint density at radius 3 is 2.00 bits per heavy atom. The van der Waals surface area contributed by atoms with Gasteiger partial charge in [-0.15, -0.1) is 0 Å². The summed E-state index contributed by atoms with van der Waals surface area (Å²) in [5.74, 6) is 1.60. The molecule has 0 spiro atoms. The highest BCUT2D eigenvalue weighted by Gasteiger charge is 2.38. The van der Waals surface area contributed by atoms with Crippen LogP contribution in [0, 0.1) is 0 Å². The minimum atomic E-state index is -3.19. The first-order chi connectivity index (χ1) is 16.2. The van der Waals surface area contributed by atoms with E-state index in [0.29, 0.717) is 11.5 Å². The highest BCUT2D eigenvalue weighted by molar-refractivity contribution is 7.79. The monoisotopic (exact) mass is 457 g/mol. The molecule has 33 heavy (non-hydrogen) atoms. The minimum Gasteiger partial charge on any atom is -0.497 e. The van der Waals surface area contributed by atoms with Gasteiger partial charge >= 0.3 is 0 Å². The summed E-state index contributed by atoms with van der Waals surface area (Å²) in [6.45, 7) is 0.202. The van der Waals surface area contributed by atoms with Crippen molar-refractivity contribution in [2.24, 2.45) is 0 Å². The fourth-order valence-electron chi connectivity index (χ4n) is 4.06. The molecule has 4 aromatic rings. The summed E-state index contributed by atoms with van der Waals surface area (Å²) < 4.78 is 31.5. The minimum absolute atomic E-state index is 0.202. The third-order valence-corrected chi connectivity index (χ3v) is 9.04. The zero-order valence-electron chi connectivity index (χ0n) is 18.2. The number of rotatable bonds is 7. The molecule has 0 saturated carbocycles. The first kappa shape index (κ1) is 21.2. The summed E-state index contributed by atoms with van der Waals surface area (Å²) in [6, 6.07) is 32.7. The van der Waals surface area contributed by atoms with Crippen LogP contribution >= 0.6 is 7.14 Å². The Bertz CT molecular complexity index is 1230. The molecular formula is C27H24NO4P. The molecular weight excluding hydrogens is 433 g/mol. The SMILES string of the molecule is COc1ccc(C(Nc2ccc3c(c2)OCO3)P(=O)(c2ccccc2)c2ccccc2)cc1. The fraction of sp³-hybridized carbons (Fsp3) is 0.111. The van der Waals surface area contributed by atoms with Crippen LogP contribution in [-0.4, -0.2) is 13.9 Å². The van der Waals surface area contributed by atoms with Crippen molar-refractivity contribution in [3.63, 3.8) is 0 Å². The first-order valence-corrected chi connectivity index (χ1v) is 12.5. The average Bonchev–Trinajstić information content (AvgIpc) is 3.36. The van der Waals surface area contributed by atoms with Gasteiger partial charge in [0.15, 0.2) is 18.6 Å². The van der Waals surface area contributed by atoms with Gasteiger partial charge in [-0.05, 0) is 29.8 Å². The predicted octanol–water partition coefficient (Wildman–Crippen LogP) is 5.55. The third kappa shape index (κ3) is 4.08. The van der Waals surface area contributed by atoms with Crippen molar-refractivity contribution in [1.82, 2.24) is 0 Å². The van der Waals surface area contributed by atoms with Gasteiger partial charge in [0.1, 0.15) is 11.5 Å². The van der Waals surface area contributed by atoms with Gasteiger partial charge in [0.2, 0.25) is 6.79 Å². The average molecular weight is 457 g/mol. The summed E-state index contributed by atoms with van der Waals surface area (Å²) in [4.78, 5) is 0. The third-order valence-electron chi connectivity index (χ3n) is 5.75. The Kier molecular flexibility index (Phi) is 5.80. The summed E-state index contributed by atoms with van der Waals surface area (Å²) >= 11 is 0. The highest BCUT2D eigenvalue weighted by Crippen LogP contribution is 2.57. The highest BCUT2D eigenvalue weighted by atomic mass is 31.2. The number of anilines is 1. The normalized spacial score (nSPS) is 13.4. The number of ether oxygens (including phenoxy) is 3. The lowest BCUT2D eigenvalue weighted by Gasteiger charge is -2.31. The molecule has 0 fully saturated rings. The lowest BCUT2D eigenvalue weighted by molar-refractivity contribution is 0.174. The van der Waals surface area contributed by atoms with Crippen molar-refractivity contribution in [3.8, 4) is 17.2 Å². The molecule has 1 atom stereocenters. The summed E-state index contributed by atoms with van der Waals surface area (Å²) in [6.07, 6.45) is 0. The van der Waals surface area contributed by atoms with Gasteiger partial charge in [-0.3, -0.25) is 0 Å². The molecule has 0 aliphatic carbocycles. The van der Waals surface area contributed by atoms with Gasteiger partial charge < -0.3 is 24.1 Å². The molecule has 1 aliphatic rings. The van der Waals surface area contributed by atoms with Crippen LogP contribution in [0.3, 0.4) is 0 Å². The van der Waals surface area contributed by atoms with Crippen LogP contribution in [0.25, 0.3) is 0 Å². The number of benzene rings is 4. The van der Waals surface area contributed by atoms with E-state index < -0.39 is 12.9 Å². The van der Waals surface area contributed by atoms with E-state index >= 15 is 4.57 Å². The van der Waals surface area contributed by atoms with Crippen LogP contribution in [0.5, 0.6) is 17.2 Å². The molecule has 0 radical (unpaired) electrons. The fourth-order valence-corrected chi connectivity index (χ4v) is 7.11. The van der Waals surface area contributed by atoms with Crippen molar-refractivity contribution in [1.29, 1.82) is 0 Å². The molecule has 166 valence electrons. The molecule has 4 aromatic carbocycles. The van der Waals surface area contributed by atoms with Crippen molar-refractivity contribution in [3.05, 3.63) is 109 Å². The Balaban J connectivity index is 1.67. The molecule has 0 saturated heterocycles. The molecule has 0 bridgehead atoms. The van der Waals surface area contributed by atoms with E-state index in [4.69, 9.17) is 14.2 Å². The van der Waals surface area contributed by atoms with Gasteiger partial charge in [-0.1, -0.05) is 72.8 Å². The van der Waals surface area contributed by atoms with Crippen LogP contribution in [0.2, 0.25) is 0 Å². The van der Waals surface area contributed by atoms with Gasteiger partial charge in [0.25, 0.3) is 0 Å². The molecule has 5 rings (SSSR count). The van der Waals surface area contributed by atoms with Crippen LogP contribution in [0.15, 0.2) is 103 Å². The van der Waals surface area contributed by atoms with E-state index in [1.165, 1.54) is 0 Å². The van der Waals surface area contributed by atoms with Crippen molar-refractivity contribution in [2.45, 2.75) is 5.78 Å². The summed E-state index contributed by atoms with van der Waals surface area (Å²) in [5.41, 5.74) is 1.69. The maximum absolute atomic E-state index is 15.2. The van der Waals surface area contributed by atoms with E-state index in [1.54, 1.807) is 7.11 Å². The smallest absolute Gasteiger partial charge is 0.231 e. The summed E-state index contributed by atoms with van der Waals surface area (Å²) in [7, 11) is -1.55. The van der Waals surface area contributed by atoms with Gasteiger partial charge in [-0.2, -0.15) is 0 Å². The number of hydrogen-bond donors (Lipinski definition) is 1. The molecule has 1 N–H and O–H groups in total. The Morgan fingerprint density at radius 1 is 0.788 bits per heavy atom. The van der Waals surface area contributed by atoms with Crippen molar-refractivity contribution >= 4 is 23.4 Å². The van der Waals surface area contributed by atoms with Gasteiger partial charge in [0, 0.05) is 22.4 Å². The maximum Gasteiger partial charge on any atom is 0.231 e. The molecule has 6 heteroatoms. The maximum atomic E-state index is 15.2. The predicted molar refractivity (Wildman–Crippen MR) is 132 cm³/mol. The number of nitrogens with one attached hydrogen (secondary N) is 1. The second kappa shape index (κ2) is 9.05. The van der Waals surface area contributed by atoms with Crippen LogP contribution in [0.4, 0.5) is 5.69 Å². The molecule has 1 heterocycles. The van der Waals surface area contributed by atoms with Gasteiger partial charge in [-0.25, -0.2) is 0 Å². The zero-order valence-corrected chi connectivity index (χ0v) is 19.1. The molecule has 1 aliphatic heterocycles. The quantitative estimate of drug-likeness (QED) is 0.369. The Hall–Kier alpha value is -3.69. The van der Waals surface area contributed by atoms with E-state index in [0.717, 1.165) is 27.6 Å². The van der Waals surface area contributed by atoms with E-state index in [-0.39, 0.29) is 6.79 Å². The molecule has 5 nitrogen and oxygen atoms in total. The van der Waals surface area contributed by atoms with Crippen molar-refractivity contribution in [2.75, 3.05) is 19.2 Å². The first-order valence-electron chi connectivity index (χ1n) is 10.7. The number of hydrogen-bond acceptors (Lipinski definition) is 5. The van der Waals surface area contributed by atoms with E-state index in [1.807, 2.05) is 103 Å². The van der Waals surface area contributed by atoms with E-state index in [2.05, 4.69) is 5.32 Å². The lowest BCUT2D eigenvalue weighted by atomic mass is 10.2. The standard InChI is InChI=1S/C27H24NO4P/c1-30-22-15-12-20(13-16-22)27(28-21-14-17-25-26(18-21)32-19-31-25)33(29,23-8-4-2-5-9-23)24-10-6-3-7-11-24/h2-18,27-28H,19H2,1H3. The van der Waals surface area contributed by atoms with Crippen LogP contribution in [0.1, 0.15) is 11.3 Å². The largest absolute Gasteiger partial charge is 0.497 e. The Labute approximate surface area is 193 Å². The number of methoxy groups -OCH3 is 1. The van der Waals surface area contributed by atoms with Gasteiger partial charge in [0.05, 0.1) is 7.11 Å². The van der Waals surface area contributed by atoms with Crippen molar-refractivity contribution < 1.29 is 18.8 Å². The van der Waals surface area contributed by atoms with Crippen LogP contribution in [-0.2, 0) is 4.57 Å². The molecule has 1 unspecified atom stereocenters. The molecule has 0 amide bonds. The second-order valence-corrected chi connectivity index (χ2v) is 10.6. The number of fused-ring (bicyclic) bond motifs is 1. The second-order valence-electron chi connectivity index (χ2n) is 7.72. The van der Waals surface area contributed by atoms with Crippen LogP contribution < -0.4 is 30.1 Å². The lowest BCUT2D eigenvalue weighted by Crippen LogP contribution is -2.25. The zero-order chi connectivity index (χ0) is 22.7. The molecule has 0 aromatic heterocycles.